The lowest BCUT2D eigenvalue weighted by molar-refractivity contribution is 0.0697. The molecule has 0 spiro atoms. The number of hydrogen-bond donors (Lipinski definition) is 2. The van der Waals surface area contributed by atoms with E-state index in [-0.39, 0.29) is 0 Å². The first-order chi connectivity index (χ1) is 5.24. The van der Waals surface area contributed by atoms with Crippen LogP contribution in [-0.2, 0) is 0 Å². The van der Waals surface area contributed by atoms with E-state index in [2.05, 4.69) is 4.98 Å². The zero-order valence-corrected chi connectivity index (χ0v) is 6.94. The maximum absolute atomic E-state index is 10.4. The van der Waals surface area contributed by atoms with Gasteiger partial charge in [-0.05, 0) is 11.8 Å². The van der Waals surface area contributed by atoms with Gasteiger partial charge in [-0.25, -0.2) is 4.79 Å². The second-order valence-electron chi connectivity index (χ2n) is 1.99. The molecule has 0 saturated heterocycles. The van der Waals surface area contributed by atoms with Crippen LogP contribution in [0.15, 0.2) is 17.3 Å². The monoisotopic (exact) mass is 171 g/mol. The lowest BCUT2D eigenvalue weighted by Crippen LogP contribution is -1.91. The summed E-state index contributed by atoms with van der Waals surface area (Å²) in [5.41, 5.74) is 0.320. The Morgan fingerprint density at radius 2 is 2.55 bits per heavy atom. The second-order valence-corrected chi connectivity index (χ2v) is 3.30. The Morgan fingerprint density at radius 1 is 1.82 bits per heavy atom. The van der Waals surface area contributed by atoms with Crippen molar-refractivity contribution in [2.45, 2.75) is 11.9 Å². The average molecular weight is 171 g/mol. The van der Waals surface area contributed by atoms with E-state index in [0.29, 0.717) is 5.56 Å². The van der Waals surface area contributed by atoms with Gasteiger partial charge in [0.25, 0.3) is 0 Å². The van der Waals surface area contributed by atoms with Crippen LogP contribution in [0.2, 0.25) is 0 Å². The number of carbonyl (C=O) groups is 1. The summed E-state index contributed by atoms with van der Waals surface area (Å²) in [7, 11) is 0. The van der Waals surface area contributed by atoms with Gasteiger partial charge in [0.15, 0.2) is 0 Å². The van der Waals surface area contributed by atoms with E-state index >= 15 is 0 Å². The molecule has 0 aliphatic carbocycles. The third-order valence-corrected chi connectivity index (χ3v) is 2.04. The van der Waals surface area contributed by atoms with Crippen molar-refractivity contribution < 1.29 is 9.90 Å². The molecule has 0 fully saturated rings. The number of aromatic nitrogens is 1. The number of rotatable bonds is 3. The van der Waals surface area contributed by atoms with Gasteiger partial charge >= 0.3 is 5.97 Å². The van der Waals surface area contributed by atoms with Crippen LogP contribution >= 0.6 is 11.8 Å². The van der Waals surface area contributed by atoms with E-state index < -0.39 is 5.97 Å². The van der Waals surface area contributed by atoms with Crippen molar-refractivity contribution in [1.82, 2.24) is 4.98 Å². The van der Waals surface area contributed by atoms with E-state index in [1.807, 2.05) is 6.92 Å². The minimum absolute atomic E-state index is 0.320. The standard InChI is InChI=1S/C7H9NO2S/c1-2-11-6-3-5(4-8-6)7(9)10/h3-4,8H,2H2,1H3,(H,9,10). The Bertz CT molecular complexity index is 257. The van der Waals surface area contributed by atoms with E-state index in [1.54, 1.807) is 17.8 Å². The fourth-order valence-corrected chi connectivity index (χ4v) is 1.40. The predicted molar refractivity (Wildman–Crippen MR) is 44.2 cm³/mol. The summed E-state index contributed by atoms with van der Waals surface area (Å²) < 4.78 is 0. The molecule has 0 unspecified atom stereocenters. The fourth-order valence-electron chi connectivity index (χ4n) is 0.736. The molecule has 0 bridgehead atoms. The van der Waals surface area contributed by atoms with Crippen molar-refractivity contribution in [3.63, 3.8) is 0 Å². The van der Waals surface area contributed by atoms with E-state index in [1.165, 1.54) is 6.20 Å². The van der Waals surface area contributed by atoms with Gasteiger partial charge in [-0.15, -0.1) is 11.8 Å². The first kappa shape index (κ1) is 8.20. The van der Waals surface area contributed by atoms with Crippen molar-refractivity contribution in [2.24, 2.45) is 0 Å². The quantitative estimate of drug-likeness (QED) is 0.682. The third-order valence-electron chi connectivity index (χ3n) is 1.20. The Hall–Kier alpha value is -0.900. The summed E-state index contributed by atoms with van der Waals surface area (Å²) in [5, 5.41) is 9.44. The summed E-state index contributed by atoms with van der Waals surface area (Å²) in [6.07, 6.45) is 1.50. The molecule has 1 aromatic rings. The van der Waals surface area contributed by atoms with Crippen LogP contribution in [0.1, 0.15) is 17.3 Å². The Kier molecular flexibility index (Phi) is 2.59. The third kappa shape index (κ3) is 2.01. The van der Waals surface area contributed by atoms with Crippen LogP contribution in [0.3, 0.4) is 0 Å². The summed E-state index contributed by atoms with van der Waals surface area (Å²) in [6.45, 7) is 2.02. The van der Waals surface area contributed by atoms with Gasteiger partial charge in [0, 0.05) is 6.20 Å². The molecule has 0 radical (unpaired) electrons. The minimum Gasteiger partial charge on any atom is -0.478 e. The van der Waals surface area contributed by atoms with Crippen LogP contribution in [-0.4, -0.2) is 21.8 Å². The fraction of sp³-hybridized carbons (Fsp3) is 0.286. The largest absolute Gasteiger partial charge is 0.478 e. The normalized spacial score (nSPS) is 9.91. The predicted octanol–water partition coefficient (Wildman–Crippen LogP) is 1.82. The molecule has 1 aromatic heterocycles. The summed E-state index contributed by atoms with van der Waals surface area (Å²) in [4.78, 5) is 13.3. The number of aromatic amines is 1. The smallest absolute Gasteiger partial charge is 0.337 e. The molecule has 11 heavy (non-hydrogen) atoms. The van der Waals surface area contributed by atoms with Gasteiger partial charge in [0.1, 0.15) is 0 Å². The van der Waals surface area contributed by atoms with Gasteiger partial charge in [0.05, 0.1) is 10.6 Å². The first-order valence-electron chi connectivity index (χ1n) is 3.28. The summed E-state index contributed by atoms with van der Waals surface area (Å²) in [5.74, 6) is 0.0590. The molecule has 1 rings (SSSR count). The number of carboxylic acid groups (broad SMARTS) is 1. The van der Waals surface area contributed by atoms with Gasteiger partial charge < -0.3 is 10.1 Å². The molecule has 3 nitrogen and oxygen atoms in total. The van der Waals surface area contributed by atoms with Gasteiger partial charge in [-0.2, -0.15) is 0 Å². The maximum Gasteiger partial charge on any atom is 0.337 e. The van der Waals surface area contributed by atoms with Crippen LogP contribution in [0.25, 0.3) is 0 Å². The topological polar surface area (TPSA) is 53.1 Å². The number of nitrogens with one attached hydrogen (secondary N) is 1. The number of aromatic carboxylic acids is 1. The van der Waals surface area contributed by atoms with Crippen molar-refractivity contribution in [3.8, 4) is 0 Å². The number of H-pyrrole nitrogens is 1. The molecule has 60 valence electrons. The first-order valence-corrected chi connectivity index (χ1v) is 4.27. The van der Waals surface area contributed by atoms with Crippen LogP contribution in [0, 0.1) is 0 Å². The van der Waals surface area contributed by atoms with Crippen molar-refractivity contribution in [1.29, 1.82) is 0 Å². The highest BCUT2D eigenvalue weighted by Crippen LogP contribution is 2.16. The van der Waals surface area contributed by atoms with Gasteiger partial charge in [0.2, 0.25) is 0 Å². The Morgan fingerprint density at radius 3 is 3.00 bits per heavy atom. The average Bonchev–Trinajstić information content (AvgIpc) is 2.37. The zero-order chi connectivity index (χ0) is 8.27. The highest BCUT2D eigenvalue weighted by molar-refractivity contribution is 7.99. The highest BCUT2D eigenvalue weighted by Gasteiger charge is 2.04. The van der Waals surface area contributed by atoms with Crippen molar-refractivity contribution in [3.05, 3.63) is 17.8 Å². The minimum atomic E-state index is -0.885. The van der Waals surface area contributed by atoms with E-state index in [4.69, 9.17) is 5.11 Å². The van der Waals surface area contributed by atoms with Crippen molar-refractivity contribution >= 4 is 17.7 Å². The molecule has 0 saturated carbocycles. The molecule has 0 aromatic carbocycles. The van der Waals surface area contributed by atoms with Crippen LogP contribution in [0.4, 0.5) is 0 Å². The molecular weight excluding hydrogens is 162 g/mol. The lowest BCUT2D eigenvalue weighted by Gasteiger charge is -1.88. The molecule has 0 aliphatic heterocycles. The molecule has 0 atom stereocenters. The molecular formula is C7H9NO2S. The van der Waals surface area contributed by atoms with E-state index in [9.17, 15) is 4.79 Å². The number of thioether (sulfide) groups is 1. The van der Waals surface area contributed by atoms with Crippen LogP contribution < -0.4 is 0 Å². The SMILES string of the molecule is CCSc1cc(C(=O)O)c[nH]1. The maximum atomic E-state index is 10.4. The number of carboxylic acids is 1. The van der Waals surface area contributed by atoms with Gasteiger partial charge in [-0.3, -0.25) is 0 Å². The Balaban J connectivity index is 2.73. The Labute approximate surface area is 68.8 Å². The molecule has 2 N–H and O–H groups in total. The second kappa shape index (κ2) is 3.48. The number of hydrogen-bond acceptors (Lipinski definition) is 2. The lowest BCUT2D eigenvalue weighted by atomic mass is 10.4. The highest BCUT2D eigenvalue weighted by atomic mass is 32.2. The molecule has 0 amide bonds. The molecule has 0 aliphatic rings. The van der Waals surface area contributed by atoms with Crippen molar-refractivity contribution in [2.75, 3.05) is 5.75 Å². The zero-order valence-electron chi connectivity index (χ0n) is 6.13. The molecule has 4 heteroatoms. The molecule has 1 heterocycles. The van der Waals surface area contributed by atoms with E-state index in [0.717, 1.165) is 10.8 Å². The summed E-state index contributed by atoms with van der Waals surface area (Å²) in [6, 6.07) is 1.64. The van der Waals surface area contributed by atoms with Crippen LogP contribution in [0.5, 0.6) is 0 Å². The summed E-state index contributed by atoms with van der Waals surface area (Å²) >= 11 is 1.59. The van der Waals surface area contributed by atoms with Gasteiger partial charge in [-0.1, -0.05) is 6.92 Å².